The van der Waals surface area contributed by atoms with Crippen LogP contribution >= 0.6 is 0 Å². The molecule has 1 aliphatic carbocycles. The highest BCUT2D eigenvalue weighted by Crippen LogP contribution is 2.28. The molecule has 0 aromatic heterocycles. The van der Waals surface area contributed by atoms with Crippen molar-refractivity contribution in [3.63, 3.8) is 0 Å². The first-order chi connectivity index (χ1) is 11.0. The van der Waals surface area contributed by atoms with Gasteiger partial charge in [0.05, 0.1) is 14.2 Å². The summed E-state index contributed by atoms with van der Waals surface area (Å²) in [5.74, 6) is 1.62. The zero-order valence-corrected chi connectivity index (χ0v) is 14.3. The fourth-order valence-corrected chi connectivity index (χ4v) is 3.24. The number of nitrogens with two attached hydrogens (primary N) is 1. The molecular formula is C18H28N2O3. The Morgan fingerprint density at radius 1 is 1.30 bits per heavy atom. The molecule has 3 N–H and O–H groups in total. The van der Waals surface area contributed by atoms with E-state index in [4.69, 9.17) is 15.2 Å². The maximum absolute atomic E-state index is 12.4. The molecular weight excluding hydrogens is 292 g/mol. The quantitative estimate of drug-likeness (QED) is 0.843. The first-order valence-electron chi connectivity index (χ1n) is 8.30. The zero-order chi connectivity index (χ0) is 16.8. The molecule has 0 saturated heterocycles. The number of methoxy groups -OCH3 is 2. The maximum Gasteiger partial charge on any atom is 0.223 e. The monoisotopic (exact) mass is 320 g/mol. The highest BCUT2D eigenvalue weighted by Gasteiger charge is 2.26. The topological polar surface area (TPSA) is 73.6 Å². The molecule has 3 unspecified atom stereocenters. The van der Waals surface area contributed by atoms with Gasteiger partial charge in [0.15, 0.2) is 11.5 Å². The Bertz CT molecular complexity index is 533. The third-order valence-electron chi connectivity index (χ3n) is 4.46. The molecule has 1 amide bonds. The van der Waals surface area contributed by atoms with Crippen LogP contribution in [0.25, 0.3) is 0 Å². The number of hydrogen-bond donors (Lipinski definition) is 2. The average molecular weight is 320 g/mol. The van der Waals surface area contributed by atoms with Gasteiger partial charge in [-0.3, -0.25) is 4.79 Å². The predicted molar refractivity (Wildman–Crippen MR) is 90.8 cm³/mol. The molecule has 128 valence electrons. The lowest BCUT2D eigenvalue weighted by atomic mass is 9.85. The third kappa shape index (κ3) is 4.86. The Morgan fingerprint density at radius 2 is 2.04 bits per heavy atom. The Kier molecular flexibility index (Phi) is 6.28. The number of carbonyl (C=O) groups is 1. The largest absolute Gasteiger partial charge is 0.493 e. The van der Waals surface area contributed by atoms with Gasteiger partial charge in [-0.15, -0.1) is 0 Å². The second-order valence-corrected chi connectivity index (χ2v) is 6.43. The molecule has 23 heavy (non-hydrogen) atoms. The van der Waals surface area contributed by atoms with Gasteiger partial charge in [0.2, 0.25) is 5.91 Å². The molecule has 5 nitrogen and oxygen atoms in total. The van der Waals surface area contributed by atoms with Crippen molar-refractivity contribution in [1.29, 1.82) is 0 Å². The molecule has 0 bridgehead atoms. The van der Waals surface area contributed by atoms with E-state index in [0.717, 1.165) is 37.7 Å². The fraction of sp³-hybridized carbons (Fsp3) is 0.611. The van der Waals surface area contributed by atoms with E-state index < -0.39 is 0 Å². The van der Waals surface area contributed by atoms with Crippen LogP contribution in [0.4, 0.5) is 0 Å². The van der Waals surface area contributed by atoms with Crippen molar-refractivity contribution in [3.05, 3.63) is 23.8 Å². The molecule has 0 heterocycles. The van der Waals surface area contributed by atoms with E-state index in [2.05, 4.69) is 5.32 Å². The highest BCUT2D eigenvalue weighted by molar-refractivity contribution is 5.79. The van der Waals surface area contributed by atoms with E-state index in [9.17, 15) is 4.79 Å². The minimum atomic E-state index is 0.0617. The van der Waals surface area contributed by atoms with Crippen molar-refractivity contribution in [2.45, 2.75) is 51.1 Å². The minimum absolute atomic E-state index is 0.0617. The smallest absolute Gasteiger partial charge is 0.223 e. The van der Waals surface area contributed by atoms with E-state index in [0.29, 0.717) is 11.5 Å². The van der Waals surface area contributed by atoms with E-state index in [1.54, 1.807) is 14.2 Å². The third-order valence-corrected chi connectivity index (χ3v) is 4.46. The summed E-state index contributed by atoms with van der Waals surface area (Å²) in [6.07, 6.45) is 4.58. The van der Waals surface area contributed by atoms with Crippen LogP contribution < -0.4 is 20.5 Å². The molecule has 1 aliphatic rings. The molecule has 3 atom stereocenters. The summed E-state index contributed by atoms with van der Waals surface area (Å²) in [6, 6.07) is 6.08. The van der Waals surface area contributed by atoms with Crippen LogP contribution in [0.15, 0.2) is 18.2 Å². The van der Waals surface area contributed by atoms with Gasteiger partial charge in [-0.05, 0) is 50.3 Å². The lowest BCUT2D eigenvalue weighted by Crippen LogP contribution is -2.42. The molecule has 1 aromatic rings. The van der Waals surface area contributed by atoms with Crippen LogP contribution in [0, 0.1) is 5.92 Å². The summed E-state index contributed by atoms with van der Waals surface area (Å²) >= 11 is 0. The molecule has 2 rings (SSSR count). The normalized spacial score (nSPS) is 22.3. The standard InChI is InChI=1S/C18H28N2O3/c1-12(20-18(21)14-5-4-6-15(19)11-14)9-13-7-8-16(22-2)17(10-13)23-3/h7-8,10,12,14-15H,4-6,9,11,19H2,1-3H3,(H,20,21). The van der Waals surface area contributed by atoms with Gasteiger partial charge >= 0.3 is 0 Å². The molecule has 5 heteroatoms. The second kappa shape index (κ2) is 8.20. The molecule has 0 radical (unpaired) electrons. The first-order valence-corrected chi connectivity index (χ1v) is 8.30. The zero-order valence-electron chi connectivity index (χ0n) is 14.3. The van der Waals surface area contributed by atoms with Crippen LogP contribution in [0.1, 0.15) is 38.2 Å². The van der Waals surface area contributed by atoms with E-state index in [1.807, 2.05) is 25.1 Å². The number of amides is 1. The van der Waals surface area contributed by atoms with E-state index in [1.165, 1.54) is 0 Å². The Balaban J connectivity index is 1.91. The van der Waals surface area contributed by atoms with Crippen LogP contribution in [-0.4, -0.2) is 32.2 Å². The number of carbonyl (C=O) groups excluding carboxylic acids is 1. The van der Waals surface area contributed by atoms with Crippen molar-refractivity contribution in [1.82, 2.24) is 5.32 Å². The summed E-state index contributed by atoms with van der Waals surface area (Å²) in [5, 5.41) is 3.12. The predicted octanol–water partition coefficient (Wildman–Crippen LogP) is 2.27. The summed E-state index contributed by atoms with van der Waals surface area (Å²) in [6.45, 7) is 2.03. The van der Waals surface area contributed by atoms with Gasteiger partial charge in [-0.2, -0.15) is 0 Å². The number of nitrogens with one attached hydrogen (secondary N) is 1. The summed E-state index contributed by atoms with van der Waals surface area (Å²) in [5.41, 5.74) is 7.08. The van der Waals surface area contributed by atoms with E-state index in [-0.39, 0.29) is 23.9 Å². The number of ether oxygens (including phenoxy) is 2. The summed E-state index contributed by atoms with van der Waals surface area (Å²) in [4.78, 5) is 12.4. The molecule has 0 spiro atoms. The van der Waals surface area contributed by atoms with Crippen LogP contribution in [-0.2, 0) is 11.2 Å². The maximum atomic E-state index is 12.4. The lowest BCUT2D eigenvalue weighted by Gasteiger charge is -2.27. The van der Waals surface area contributed by atoms with Gasteiger partial charge in [0.25, 0.3) is 0 Å². The SMILES string of the molecule is COc1ccc(CC(C)NC(=O)C2CCCC(N)C2)cc1OC. The second-order valence-electron chi connectivity index (χ2n) is 6.43. The van der Waals surface area contributed by atoms with E-state index >= 15 is 0 Å². The van der Waals surface area contributed by atoms with Gasteiger partial charge in [-0.1, -0.05) is 12.5 Å². The Hall–Kier alpha value is -1.75. The van der Waals surface area contributed by atoms with Gasteiger partial charge in [-0.25, -0.2) is 0 Å². The van der Waals surface area contributed by atoms with Crippen molar-refractivity contribution >= 4 is 5.91 Å². The van der Waals surface area contributed by atoms with Gasteiger partial charge in [0, 0.05) is 18.0 Å². The molecule has 1 saturated carbocycles. The van der Waals surface area contributed by atoms with Crippen LogP contribution in [0.5, 0.6) is 11.5 Å². The number of benzene rings is 1. The molecule has 1 aromatic carbocycles. The van der Waals surface area contributed by atoms with Crippen molar-refractivity contribution in [2.75, 3.05) is 14.2 Å². The van der Waals surface area contributed by atoms with Crippen LogP contribution in [0.2, 0.25) is 0 Å². The van der Waals surface area contributed by atoms with Gasteiger partial charge < -0.3 is 20.5 Å². The lowest BCUT2D eigenvalue weighted by molar-refractivity contribution is -0.126. The molecule has 0 aliphatic heterocycles. The van der Waals surface area contributed by atoms with Crippen LogP contribution in [0.3, 0.4) is 0 Å². The highest BCUT2D eigenvalue weighted by atomic mass is 16.5. The number of hydrogen-bond acceptors (Lipinski definition) is 4. The summed E-state index contributed by atoms with van der Waals surface area (Å²) < 4.78 is 10.6. The first kappa shape index (κ1) is 17.6. The number of rotatable bonds is 6. The summed E-state index contributed by atoms with van der Waals surface area (Å²) in [7, 11) is 3.24. The Morgan fingerprint density at radius 3 is 2.70 bits per heavy atom. The van der Waals surface area contributed by atoms with Crippen molar-refractivity contribution in [2.24, 2.45) is 11.7 Å². The minimum Gasteiger partial charge on any atom is -0.493 e. The molecule has 1 fully saturated rings. The average Bonchev–Trinajstić information content (AvgIpc) is 2.54. The van der Waals surface area contributed by atoms with Crippen molar-refractivity contribution in [3.8, 4) is 11.5 Å². The van der Waals surface area contributed by atoms with Crippen molar-refractivity contribution < 1.29 is 14.3 Å². The Labute approximate surface area is 138 Å². The fourth-order valence-electron chi connectivity index (χ4n) is 3.24. The van der Waals surface area contributed by atoms with Gasteiger partial charge in [0.1, 0.15) is 0 Å².